The molecule has 0 saturated carbocycles. The second-order valence-electron chi connectivity index (χ2n) is 6.12. The summed E-state index contributed by atoms with van der Waals surface area (Å²) < 4.78 is 0. The molecule has 0 saturated heterocycles. The molecular weight excluding hydrogens is 236 g/mol. The second kappa shape index (κ2) is 6.14. The Morgan fingerprint density at radius 2 is 1.94 bits per heavy atom. The summed E-state index contributed by atoms with van der Waals surface area (Å²) in [6.45, 7) is 9.44. The predicted octanol–water partition coefficient (Wildman–Crippen LogP) is 5.58. The van der Waals surface area contributed by atoms with Crippen molar-refractivity contribution < 1.29 is 0 Å². The Morgan fingerprint density at radius 1 is 1.17 bits per heavy atom. The molecule has 1 aliphatic heterocycles. The van der Waals surface area contributed by atoms with Crippen LogP contribution in [0.25, 0.3) is 0 Å². The fourth-order valence-corrected chi connectivity index (χ4v) is 4.10. The van der Waals surface area contributed by atoms with Crippen LogP contribution in [-0.2, 0) is 5.75 Å². The van der Waals surface area contributed by atoms with Gasteiger partial charge < -0.3 is 0 Å². The van der Waals surface area contributed by atoms with Gasteiger partial charge in [0.25, 0.3) is 0 Å². The highest BCUT2D eigenvalue weighted by Crippen LogP contribution is 2.39. The molecule has 18 heavy (non-hydrogen) atoms. The highest BCUT2D eigenvalue weighted by atomic mass is 32.2. The van der Waals surface area contributed by atoms with Gasteiger partial charge in [0.05, 0.1) is 0 Å². The molecule has 0 bridgehead atoms. The van der Waals surface area contributed by atoms with Crippen molar-refractivity contribution in [2.24, 2.45) is 5.92 Å². The third-order valence-electron chi connectivity index (χ3n) is 4.09. The highest BCUT2D eigenvalue weighted by molar-refractivity contribution is 7.98. The normalized spacial score (nSPS) is 20.7. The largest absolute Gasteiger partial charge is 0.157 e. The zero-order chi connectivity index (χ0) is 13.1. The second-order valence-corrected chi connectivity index (χ2v) is 7.23. The van der Waals surface area contributed by atoms with E-state index in [-0.39, 0.29) is 0 Å². The molecule has 0 amide bonds. The van der Waals surface area contributed by atoms with Crippen LogP contribution in [-0.4, -0.2) is 5.75 Å². The van der Waals surface area contributed by atoms with Gasteiger partial charge in [0, 0.05) is 5.75 Å². The molecule has 0 nitrogen and oxygen atoms in total. The minimum Gasteiger partial charge on any atom is -0.157 e. The topological polar surface area (TPSA) is 0 Å². The van der Waals surface area contributed by atoms with Crippen LogP contribution in [0.1, 0.15) is 69.1 Å². The van der Waals surface area contributed by atoms with Gasteiger partial charge in [0.15, 0.2) is 0 Å². The molecule has 100 valence electrons. The smallest absolute Gasteiger partial charge is 0.0187 e. The number of hydrogen-bond acceptors (Lipinski definition) is 1. The first-order valence-corrected chi connectivity index (χ1v) is 8.46. The lowest BCUT2D eigenvalue weighted by Gasteiger charge is -2.30. The van der Waals surface area contributed by atoms with Gasteiger partial charge in [0.2, 0.25) is 0 Å². The van der Waals surface area contributed by atoms with Gasteiger partial charge in [-0.25, -0.2) is 0 Å². The molecule has 0 aliphatic carbocycles. The molecule has 1 aromatic carbocycles. The Kier molecular flexibility index (Phi) is 4.77. The number of thioether (sulfide) groups is 1. The molecule has 1 atom stereocenters. The highest BCUT2D eigenvalue weighted by Gasteiger charge is 2.24. The quantitative estimate of drug-likeness (QED) is 0.670. The first kappa shape index (κ1) is 14.0. The first-order valence-electron chi connectivity index (χ1n) is 7.30. The van der Waals surface area contributed by atoms with Gasteiger partial charge >= 0.3 is 0 Å². The van der Waals surface area contributed by atoms with Crippen LogP contribution in [0, 0.1) is 5.92 Å². The third-order valence-corrected chi connectivity index (χ3v) is 5.18. The lowest BCUT2D eigenvalue weighted by atomic mass is 9.78. The maximum Gasteiger partial charge on any atom is 0.0187 e. The maximum atomic E-state index is 2.39. The van der Waals surface area contributed by atoms with E-state index in [2.05, 4.69) is 57.7 Å². The van der Waals surface area contributed by atoms with Gasteiger partial charge in [-0.1, -0.05) is 45.9 Å². The fraction of sp³-hybridized carbons (Fsp3) is 0.647. The van der Waals surface area contributed by atoms with Crippen LogP contribution in [0.5, 0.6) is 0 Å². The lowest BCUT2D eigenvalue weighted by molar-refractivity contribution is 0.457. The summed E-state index contributed by atoms with van der Waals surface area (Å²) in [7, 11) is 0. The minimum absolute atomic E-state index is 0.644. The molecule has 0 fully saturated rings. The molecule has 0 spiro atoms. The van der Waals surface area contributed by atoms with Crippen molar-refractivity contribution in [1.82, 2.24) is 0 Å². The van der Waals surface area contributed by atoms with Crippen molar-refractivity contribution >= 4 is 11.8 Å². The summed E-state index contributed by atoms with van der Waals surface area (Å²) >= 11 is 2.11. The van der Waals surface area contributed by atoms with Crippen molar-refractivity contribution in [3.8, 4) is 0 Å². The number of fused-ring (bicyclic) bond motifs is 1. The molecular formula is C17H26S. The third kappa shape index (κ3) is 2.93. The standard InChI is InChI=1S/C17H26S/c1-12(2)15-8-5-7-14-11-18-10-6-9-16(13(3)4)17(14)15/h5,7-8,12-13,16H,6,9-11H2,1-4H3. The Balaban J connectivity index is 2.51. The molecule has 1 aromatic rings. The van der Waals surface area contributed by atoms with E-state index in [4.69, 9.17) is 0 Å². The van der Waals surface area contributed by atoms with Crippen molar-refractivity contribution in [1.29, 1.82) is 0 Å². The van der Waals surface area contributed by atoms with E-state index in [1.165, 1.54) is 24.3 Å². The number of benzene rings is 1. The van der Waals surface area contributed by atoms with Crippen LogP contribution in [0.4, 0.5) is 0 Å². The maximum absolute atomic E-state index is 2.39. The van der Waals surface area contributed by atoms with E-state index in [1.807, 2.05) is 0 Å². The van der Waals surface area contributed by atoms with E-state index in [0.29, 0.717) is 5.92 Å². The van der Waals surface area contributed by atoms with Crippen LogP contribution in [0.15, 0.2) is 18.2 Å². The molecule has 0 aromatic heterocycles. The Bertz CT molecular complexity index is 393. The van der Waals surface area contributed by atoms with E-state index >= 15 is 0 Å². The molecule has 1 heterocycles. The van der Waals surface area contributed by atoms with Crippen molar-refractivity contribution in [2.75, 3.05) is 5.75 Å². The SMILES string of the molecule is CC(C)c1cccc2c1C(C(C)C)CCCSC2. The summed E-state index contributed by atoms with van der Waals surface area (Å²) in [6, 6.07) is 6.97. The Morgan fingerprint density at radius 3 is 2.61 bits per heavy atom. The first-order chi connectivity index (χ1) is 8.61. The predicted molar refractivity (Wildman–Crippen MR) is 83.5 cm³/mol. The zero-order valence-electron chi connectivity index (χ0n) is 12.2. The van der Waals surface area contributed by atoms with Crippen molar-refractivity contribution in [2.45, 2.75) is 58.1 Å². The molecule has 1 heteroatoms. The Labute approximate surface area is 117 Å². The molecule has 2 rings (SSSR count). The minimum atomic E-state index is 0.644. The van der Waals surface area contributed by atoms with E-state index in [0.717, 1.165) is 11.8 Å². The van der Waals surface area contributed by atoms with Crippen molar-refractivity contribution in [3.05, 3.63) is 34.9 Å². The summed E-state index contributed by atoms with van der Waals surface area (Å²) in [4.78, 5) is 0. The van der Waals surface area contributed by atoms with Crippen LogP contribution in [0.2, 0.25) is 0 Å². The van der Waals surface area contributed by atoms with Gasteiger partial charge in [-0.3, -0.25) is 0 Å². The van der Waals surface area contributed by atoms with E-state index in [9.17, 15) is 0 Å². The summed E-state index contributed by atoms with van der Waals surface area (Å²) in [5.41, 5.74) is 4.88. The molecule has 0 radical (unpaired) electrons. The van der Waals surface area contributed by atoms with Crippen LogP contribution >= 0.6 is 11.8 Å². The van der Waals surface area contributed by atoms with Gasteiger partial charge in [-0.15, -0.1) is 0 Å². The van der Waals surface area contributed by atoms with Crippen LogP contribution in [0.3, 0.4) is 0 Å². The van der Waals surface area contributed by atoms with Gasteiger partial charge in [0.1, 0.15) is 0 Å². The molecule has 1 unspecified atom stereocenters. The van der Waals surface area contributed by atoms with Gasteiger partial charge in [-0.05, 0) is 53.0 Å². The average Bonchev–Trinajstić information content (AvgIpc) is 2.28. The molecule has 0 N–H and O–H groups in total. The van der Waals surface area contributed by atoms with E-state index < -0.39 is 0 Å². The fourth-order valence-electron chi connectivity index (χ4n) is 3.11. The van der Waals surface area contributed by atoms with Gasteiger partial charge in [-0.2, -0.15) is 11.8 Å². The monoisotopic (exact) mass is 262 g/mol. The summed E-state index contributed by atoms with van der Waals surface area (Å²) in [6.07, 6.45) is 2.74. The van der Waals surface area contributed by atoms with E-state index in [1.54, 1.807) is 16.7 Å². The average molecular weight is 262 g/mol. The number of hydrogen-bond donors (Lipinski definition) is 0. The zero-order valence-corrected chi connectivity index (χ0v) is 13.0. The summed E-state index contributed by atoms with van der Waals surface area (Å²) in [5.74, 6) is 4.70. The molecule has 1 aliphatic rings. The van der Waals surface area contributed by atoms with Crippen LogP contribution < -0.4 is 0 Å². The number of rotatable bonds is 2. The summed E-state index contributed by atoms with van der Waals surface area (Å²) in [5, 5.41) is 0. The van der Waals surface area contributed by atoms with Crippen molar-refractivity contribution in [3.63, 3.8) is 0 Å². The Hall–Kier alpha value is -0.430. The lowest BCUT2D eigenvalue weighted by Crippen LogP contribution is -2.15.